The van der Waals surface area contributed by atoms with Crippen LogP contribution in [0.1, 0.15) is 0 Å². The first kappa shape index (κ1) is 18.9. The first-order chi connectivity index (χ1) is 12.6. The van der Waals surface area contributed by atoms with Crippen LogP contribution in [0.3, 0.4) is 0 Å². The Kier molecular flexibility index (Phi) is 4.70. The Bertz CT molecular complexity index is 1280. The topological polar surface area (TPSA) is 159 Å². The van der Waals surface area contributed by atoms with Gasteiger partial charge in [-0.15, -0.1) is 10.2 Å². The lowest BCUT2D eigenvalue weighted by Gasteiger charge is -2.07. The fourth-order valence-corrected chi connectivity index (χ4v) is 3.58. The van der Waals surface area contributed by atoms with Crippen LogP contribution in [0.25, 0.3) is 10.8 Å². The molecule has 27 heavy (non-hydrogen) atoms. The normalized spacial score (nSPS) is 12.7. The molecule has 0 atom stereocenters. The van der Waals surface area contributed by atoms with Gasteiger partial charge in [0.2, 0.25) is 0 Å². The summed E-state index contributed by atoms with van der Waals surface area (Å²) in [6, 6.07) is 12.2. The van der Waals surface area contributed by atoms with E-state index in [1.807, 2.05) is 0 Å². The number of nitrogens with two attached hydrogens (primary N) is 1. The molecule has 0 saturated heterocycles. The molecule has 0 radical (unpaired) electrons. The third kappa shape index (κ3) is 3.95. The summed E-state index contributed by atoms with van der Waals surface area (Å²) in [5.41, 5.74) is 6.32. The van der Waals surface area contributed by atoms with Crippen molar-refractivity contribution in [2.75, 3.05) is 5.73 Å². The predicted molar refractivity (Wildman–Crippen MR) is 98.6 cm³/mol. The van der Waals surface area contributed by atoms with Gasteiger partial charge in [0, 0.05) is 16.5 Å². The van der Waals surface area contributed by atoms with Gasteiger partial charge in [-0.25, -0.2) is 0 Å². The number of fused-ring (bicyclic) bond motifs is 1. The lowest BCUT2D eigenvalue weighted by Crippen LogP contribution is -1.98. The second-order valence-electron chi connectivity index (χ2n) is 5.50. The van der Waals surface area contributed by atoms with Crippen LogP contribution in [0.2, 0.25) is 0 Å². The Labute approximate surface area is 154 Å². The van der Waals surface area contributed by atoms with Crippen molar-refractivity contribution in [3.63, 3.8) is 0 Å². The quantitative estimate of drug-likeness (QED) is 0.339. The largest absolute Gasteiger partial charge is 0.398 e. The van der Waals surface area contributed by atoms with Gasteiger partial charge in [-0.05, 0) is 36.4 Å². The van der Waals surface area contributed by atoms with Crippen molar-refractivity contribution in [2.24, 2.45) is 10.2 Å². The van der Waals surface area contributed by atoms with Crippen molar-refractivity contribution >= 4 is 48.1 Å². The third-order valence-electron chi connectivity index (χ3n) is 3.71. The maximum atomic E-state index is 11.4. The van der Waals surface area contributed by atoms with Gasteiger partial charge >= 0.3 is 0 Å². The van der Waals surface area contributed by atoms with Crippen molar-refractivity contribution in [1.82, 2.24) is 0 Å². The molecule has 11 heteroatoms. The number of hydrogen-bond acceptors (Lipinski definition) is 7. The zero-order valence-electron chi connectivity index (χ0n) is 13.5. The highest BCUT2D eigenvalue weighted by Crippen LogP contribution is 2.34. The lowest BCUT2D eigenvalue weighted by molar-refractivity contribution is 0.481. The highest BCUT2D eigenvalue weighted by molar-refractivity contribution is 7.86. The second kappa shape index (κ2) is 6.70. The number of azo groups is 1. The fraction of sp³-hybridized carbons (Fsp3) is 0. The molecule has 0 aromatic heterocycles. The Morgan fingerprint density at radius 2 is 1.41 bits per heavy atom. The van der Waals surface area contributed by atoms with Crippen LogP contribution in [0.5, 0.6) is 0 Å². The number of nitrogen functional groups attached to an aromatic ring is 1. The van der Waals surface area contributed by atoms with E-state index < -0.39 is 25.1 Å². The number of nitrogens with zero attached hydrogens (tertiary/aromatic N) is 2. The molecule has 4 N–H and O–H groups in total. The van der Waals surface area contributed by atoms with E-state index in [9.17, 15) is 25.9 Å². The minimum atomic E-state index is -4.50. The van der Waals surface area contributed by atoms with Crippen molar-refractivity contribution in [3.8, 4) is 0 Å². The highest BCUT2D eigenvalue weighted by atomic mass is 32.2. The van der Waals surface area contributed by atoms with Crippen LogP contribution in [0.4, 0.5) is 17.1 Å². The number of benzene rings is 3. The van der Waals surface area contributed by atoms with E-state index in [2.05, 4.69) is 10.2 Å². The van der Waals surface area contributed by atoms with Gasteiger partial charge in [0.1, 0.15) is 10.6 Å². The molecule has 140 valence electrons. The Morgan fingerprint density at radius 3 is 2.07 bits per heavy atom. The van der Waals surface area contributed by atoms with Crippen molar-refractivity contribution in [3.05, 3.63) is 54.6 Å². The molecular weight excluding hydrogens is 394 g/mol. The first-order valence-corrected chi connectivity index (χ1v) is 10.2. The van der Waals surface area contributed by atoms with Gasteiger partial charge in [-0.2, -0.15) is 16.8 Å². The van der Waals surface area contributed by atoms with Crippen LogP contribution < -0.4 is 5.73 Å². The Hall–Kier alpha value is -2.86. The van der Waals surface area contributed by atoms with E-state index in [1.54, 1.807) is 0 Å². The van der Waals surface area contributed by atoms with E-state index in [-0.39, 0.29) is 16.3 Å². The molecule has 3 aromatic carbocycles. The SMILES string of the molecule is Nc1ccc(N=Nc2ccccc2S(=O)(=O)O)c2cc(S(=O)(=O)O)ccc12. The monoisotopic (exact) mass is 407 g/mol. The summed E-state index contributed by atoms with van der Waals surface area (Å²) in [4.78, 5) is -0.775. The average molecular weight is 407 g/mol. The lowest BCUT2D eigenvalue weighted by atomic mass is 10.1. The Morgan fingerprint density at radius 1 is 0.741 bits per heavy atom. The van der Waals surface area contributed by atoms with Crippen molar-refractivity contribution in [1.29, 1.82) is 0 Å². The maximum Gasteiger partial charge on any atom is 0.296 e. The zero-order valence-corrected chi connectivity index (χ0v) is 15.1. The van der Waals surface area contributed by atoms with E-state index in [0.717, 1.165) is 0 Å². The summed E-state index contributed by atoms with van der Waals surface area (Å²) >= 11 is 0. The summed E-state index contributed by atoms with van der Waals surface area (Å²) in [7, 11) is -8.94. The average Bonchev–Trinajstić information content (AvgIpc) is 2.59. The van der Waals surface area contributed by atoms with Gasteiger partial charge in [0.15, 0.2) is 0 Å². The molecule has 0 amide bonds. The smallest absolute Gasteiger partial charge is 0.296 e. The second-order valence-corrected chi connectivity index (χ2v) is 8.31. The van der Waals surface area contributed by atoms with Crippen molar-refractivity contribution in [2.45, 2.75) is 9.79 Å². The third-order valence-corrected chi connectivity index (χ3v) is 5.46. The standard InChI is InChI=1S/C16H13N3O6S2/c17-13-7-8-14(12-9-10(26(20,21)22)5-6-11(12)13)18-19-15-3-1-2-4-16(15)27(23,24)25/h1-9H,17H2,(H,20,21,22)(H,23,24,25). The fourth-order valence-electron chi connectivity index (χ4n) is 2.45. The Balaban J connectivity index is 2.19. The van der Waals surface area contributed by atoms with Crippen LogP contribution in [0.15, 0.2) is 74.6 Å². The summed E-state index contributed by atoms with van der Waals surface area (Å²) in [6.07, 6.45) is 0. The van der Waals surface area contributed by atoms with Gasteiger partial charge in [-0.1, -0.05) is 18.2 Å². The molecule has 0 unspecified atom stereocenters. The zero-order chi connectivity index (χ0) is 19.8. The van der Waals surface area contributed by atoms with Gasteiger partial charge in [-0.3, -0.25) is 9.11 Å². The van der Waals surface area contributed by atoms with Crippen LogP contribution in [-0.2, 0) is 20.2 Å². The van der Waals surface area contributed by atoms with E-state index >= 15 is 0 Å². The molecule has 3 rings (SSSR count). The highest BCUT2D eigenvalue weighted by Gasteiger charge is 2.15. The van der Waals surface area contributed by atoms with Gasteiger partial charge in [0.25, 0.3) is 20.2 Å². The molecule has 0 spiro atoms. The van der Waals surface area contributed by atoms with Gasteiger partial charge in [0.05, 0.1) is 10.6 Å². The number of hydrogen-bond donors (Lipinski definition) is 3. The maximum absolute atomic E-state index is 11.4. The van der Waals surface area contributed by atoms with Crippen LogP contribution >= 0.6 is 0 Å². The molecule has 0 aliphatic rings. The molecule has 0 aliphatic heterocycles. The molecule has 0 fully saturated rings. The minimum absolute atomic E-state index is 0.101. The van der Waals surface area contributed by atoms with E-state index in [4.69, 9.17) is 5.73 Å². The van der Waals surface area contributed by atoms with Crippen LogP contribution in [-0.4, -0.2) is 25.9 Å². The molecular formula is C16H13N3O6S2. The minimum Gasteiger partial charge on any atom is -0.398 e. The van der Waals surface area contributed by atoms with E-state index in [0.29, 0.717) is 16.5 Å². The summed E-state index contributed by atoms with van der Waals surface area (Å²) < 4.78 is 64.1. The molecule has 0 heterocycles. The van der Waals surface area contributed by atoms with Crippen molar-refractivity contribution < 1.29 is 25.9 Å². The summed E-state index contributed by atoms with van der Waals surface area (Å²) in [5, 5.41) is 8.57. The molecule has 3 aromatic rings. The van der Waals surface area contributed by atoms with E-state index in [1.165, 1.54) is 54.6 Å². The summed E-state index contributed by atoms with van der Waals surface area (Å²) in [6.45, 7) is 0. The first-order valence-electron chi connectivity index (χ1n) is 7.35. The molecule has 0 bridgehead atoms. The molecule has 9 nitrogen and oxygen atoms in total. The molecule has 0 saturated carbocycles. The van der Waals surface area contributed by atoms with Crippen LogP contribution in [0, 0.1) is 0 Å². The summed E-state index contributed by atoms with van der Waals surface area (Å²) in [5.74, 6) is 0. The number of rotatable bonds is 4. The predicted octanol–water partition coefficient (Wildman–Crippen LogP) is 3.33. The number of anilines is 1. The van der Waals surface area contributed by atoms with Gasteiger partial charge < -0.3 is 5.73 Å². The molecule has 0 aliphatic carbocycles.